The first-order valence-corrected chi connectivity index (χ1v) is 9.42. The number of rotatable bonds is 5. The molecule has 3 rings (SSSR count). The Morgan fingerprint density at radius 3 is 2.43 bits per heavy atom. The zero-order chi connectivity index (χ0) is 20.4. The van der Waals surface area contributed by atoms with E-state index in [4.69, 9.17) is 21.1 Å². The number of esters is 1. The van der Waals surface area contributed by atoms with Crippen molar-refractivity contribution < 1.29 is 19.1 Å². The van der Waals surface area contributed by atoms with Gasteiger partial charge in [0, 0.05) is 21.7 Å². The number of carbonyl (C=O) groups excluding carboxylic acids is 2. The van der Waals surface area contributed by atoms with Crippen LogP contribution in [0, 0.1) is 6.92 Å². The van der Waals surface area contributed by atoms with Crippen LogP contribution in [0.1, 0.15) is 41.4 Å². The topological polar surface area (TPSA) is 57.5 Å². The molecule has 3 aromatic rings. The monoisotopic (exact) mass is 399 g/mol. The van der Waals surface area contributed by atoms with Gasteiger partial charge in [0.15, 0.2) is 0 Å². The molecule has 0 saturated heterocycles. The molecule has 1 heterocycles. The van der Waals surface area contributed by atoms with Gasteiger partial charge in [0.1, 0.15) is 5.75 Å². The zero-order valence-electron chi connectivity index (χ0n) is 16.3. The predicted molar refractivity (Wildman–Crippen MR) is 109 cm³/mol. The quantitative estimate of drug-likeness (QED) is 0.568. The summed E-state index contributed by atoms with van der Waals surface area (Å²) in [7, 11) is 1.58. The molecule has 0 amide bonds. The molecule has 6 heteroatoms. The third-order valence-corrected chi connectivity index (χ3v) is 5.08. The molecule has 2 aromatic carbocycles. The Hall–Kier alpha value is -2.79. The average molecular weight is 400 g/mol. The number of methoxy groups -OCH3 is 1. The first-order chi connectivity index (χ1) is 13.4. The van der Waals surface area contributed by atoms with Crippen molar-refractivity contribution in [1.29, 1.82) is 0 Å². The molecule has 0 bridgehead atoms. The summed E-state index contributed by atoms with van der Waals surface area (Å²) in [5.41, 5.74) is 2.68. The van der Waals surface area contributed by atoms with Gasteiger partial charge in [-0.25, -0.2) is 0 Å². The number of carbonyl (C=O) groups is 2. The van der Waals surface area contributed by atoms with Crippen LogP contribution in [0.2, 0.25) is 5.02 Å². The molecule has 28 heavy (non-hydrogen) atoms. The molecule has 1 unspecified atom stereocenters. The molecule has 0 radical (unpaired) electrons. The van der Waals surface area contributed by atoms with E-state index in [0.717, 1.165) is 10.9 Å². The van der Waals surface area contributed by atoms with E-state index in [0.29, 0.717) is 34.2 Å². The number of hydrogen-bond donors (Lipinski definition) is 0. The lowest BCUT2D eigenvalue weighted by Crippen LogP contribution is -2.16. The van der Waals surface area contributed by atoms with Crippen LogP contribution in [-0.4, -0.2) is 30.2 Å². The molecule has 5 nitrogen and oxygen atoms in total. The van der Waals surface area contributed by atoms with Crippen LogP contribution in [0.5, 0.6) is 5.75 Å². The van der Waals surface area contributed by atoms with Crippen LogP contribution in [0.3, 0.4) is 0 Å². The predicted octanol–water partition coefficient (Wildman–Crippen LogP) is 4.97. The molecule has 1 atom stereocenters. The smallest absolute Gasteiger partial charge is 0.313 e. The Kier molecular flexibility index (Phi) is 5.75. The van der Waals surface area contributed by atoms with Gasteiger partial charge < -0.3 is 9.47 Å². The third kappa shape index (κ3) is 3.50. The highest BCUT2D eigenvalue weighted by Gasteiger charge is 2.27. The van der Waals surface area contributed by atoms with Crippen molar-refractivity contribution >= 4 is 34.4 Å². The van der Waals surface area contributed by atoms with Gasteiger partial charge in [-0.15, -0.1) is 0 Å². The van der Waals surface area contributed by atoms with E-state index < -0.39 is 5.92 Å². The van der Waals surface area contributed by atoms with Gasteiger partial charge in [-0.1, -0.05) is 11.6 Å². The van der Waals surface area contributed by atoms with Crippen LogP contribution in [-0.2, 0) is 9.53 Å². The molecular formula is C22H22ClNO4. The van der Waals surface area contributed by atoms with E-state index in [-0.39, 0.29) is 11.9 Å². The summed E-state index contributed by atoms with van der Waals surface area (Å²) < 4.78 is 12.2. The van der Waals surface area contributed by atoms with Gasteiger partial charge in [0.05, 0.1) is 25.2 Å². The van der Waals surface area contributed by atoms with Crippen molar-refractivity contribution in [2.75, 3.05) is 13.7 Å². The molecular weight excluding hydrogens is 378 g/mol. The fourth-order valence-electron chi connectivity index (χ4n) is 3.46. The summed E-state index contributed by atoms with van der Waals surface area (Å²) in [6, 6.07) is 12.2. The Labute approximate surface area is 168 Å². The molecule has 0 aliphatic carbocycles. The van der Waals surface area contributed by atoms with Gasteiger partial charge >= 0.3 is 5.97 Å². The minimum Gasteiger partial charge on any atom is -0.497 e. The summed E-state index contributed by atoms with van der Waals surface area (Å²) in [4.78, 5) is 25.7. The van der Waals surface area contributed by atoms with E-state index in [1.54, 1.807) is 55.9 Å². The van der Waals surface area contributed by atoms with Crippen LogP contribution in [0.15, 0.2) is 42.5 Å². The Morgan fingerprint density at radius 1 is 1.14 bits per heavy atom. The molecule has 0 fully saturated rings. The second-order valence-corrected chi connectivity index (χ2v) is 6.94. The first kappa shape index (κ1) is 20.0. The van der Waals surface area contributed by atoms with Gasteiger partial charge in [0.2, 0.25) is 0 Å². The fraction of sp³-hybridized carbons (Fsp3) is 0.273. The number of fused-ring (bicyclic) bond motifs is 1. The van der Waals surface area contributed by atoms with Crippen LogP contribution in [0.25, 0.3) is 10.9 Å². The van der Waals surface area contributed by atoms with E-state index >= 15 is 0 Å². The number of aromatic nitrogens is 1. The minimum atomic E-state index is -0.520. The average Bonchev–Trinajstić information content (AvgIpc) is 2.98. The molecule has 146 valence electrons. The van der Waals surface area contributed by atoms with Crippen molar-refractivity contribution in [2.45, 2.75) is 26.7 Å². The second-order valence-electron chi connectivity index (χ2n) is 6.50. The normalized spacial score (nSPS) is 12.0. The van der Waals surface area contributed by atoms with E-state index in [1.165, 1.54) is 0 Å². The SMILES string of the molecule is CCOC(=O)C(C)c1c(C)n(C(=O)c2ccc(Cl)cc2)c2ccc(OC)cc12. The molecule has 0 aliphatic rings. The van der Waals surface area contributed by atoms with Crippen molar-refractivity contribution in [1.82, 2.24) is 4.57 Å². The highest BCUT2D eigenvalue weighted by atomic mass is 35.5. The van der Waals surface area contributed by atoms with E-state index in [2.05, 4.69) is 0 Å². The highest BCUT2D eigenvalue weighted by Crippen LogP contribution is 2.35. The maximum absolute atomic E-state index is 13.3. The molecule has 0 spiro atoms. The molecule has 0 saturated carbocycles. The second kappa shape index (κ2) is 8.07. The number of halogens is 1. The third-order valence-electron chi connectivity index (χ3n) is 4.83. The van der Waals surface area contributed by atoms with Gasteiger partial charge in [0.25, 0.3) is 5.91 Å². The van der Waals surface area contributed by atoms with Gasteiger partial charge in [-0.3, -0.25) is 14.2 Å². The maximum atomic E-state index is 13.3. The summed E-state index contributed by atoms with van der Waals surface area (Å²) >= 11 is 5.95. The van der Waals surface area contributed by atoms with Crippen molar-refractivity contribution in [3.8, 4) is 5.75 Å². The van der Waals surface area contributed by atoms with E-state index in [1.807, 2.05) is 19.1 Å². The van der Waals surface area contributed by atoms with Crippen LogP contribution >= 0.6 is 11.6 Å². The van der Waals surface area contributed by atoms with Gasteiger partial charge in [-0.2, -0.15) is 0 Å². The number of ether oxygens (including phenoxy) is 2. The van der Waals surface area contributed by atoms with Crippen LogP contribution in [0.4, 0.5) is 0 Å². The zero-order valence-corrected chi connectivity index (χ0v) is 17.0. The number of benzene rings is 2. The van der Waals surface area contributed by atoms with Crippen molar-refractivity contribution in [3.05, 3.63) is 64.3 Å². The fourth-order valence-corrected chi connectivity index (χ4v) is 3.59. The number of nitrogens with zero attached hydrogens (tertiary/aromatic N) is 1. The van der Waals surface area contributed by atoms with Crippen LogP contribution < -0.4 is 4.74 Å². The van der Waals surface area contributed by atoms with E-state index in [9.17, 15) is 9.59 Å². The first-order valence-electron chi connectivity index (χ1n) is 9.04. The lowest BCUT2D eigenvalue weighted by atomic mass is 9.98. The highest BCUT2D eigenvalue weighted by molar-refractivity contribution is 6.30. The van der Waals surface area contributed by atoms with Gasteiger partial charge in [-0.05, 0) is 68.8 Å². The maximum Gasteiger partial charge on any atom is 0.313 e. The minimum absolute atomic E-state index is 0.188. The van der Waals surface area contributed by atoms with Crippen molar-refractivity contribution in [2.24, 2.45) is 0 Å². The summed E-state index contributed by atoms with van der Waals surface area (Å²) in [5, 5.41) is 1.35. The standard InChI is InChI=1S/C22H22ClNO4/c1-5-28-22(26)13(2)20-14(3)24(19-11-10-17(27-4)12-18(19)20)21(25)15-6-8-16(23)9-7-15/h6-13H,5H2,1-4H3. The summed E-state index contributed by atoms with van der Waals surface area (Å²) in [6.45, 7) is 5.70. The lowest BCUT2D eigenvalue weighted by Gasteiger charge is -2.12. The van der Waals surface area contributed by atoms with Crippen molar-refractivity contribution in [3.63, 3.8) is 0 Å². The largest absolute Gasteiger partial charge is 0.497 e. The molecule has 0 N–H and O–H groups in total. The summed E-state index contributed by atoms with van der Waals surface area (Å²) in [6.07, 6.45) is 0. The molecule has 0 aliphatic heterocycles. The Bertz CT molecular complexity index is 1040. The Balaban J connectivity index is 2.23. The molecule has 1 aromatic heterocycles. The Morgan fingerprint density at radius 2 is 1.82 bits per heavy atom. The summed E-state index contributed by atoms with van der Waals surface area (Å²) in [5.74, 6) is -0.382. The number of hydrogen-bond acceptors (Lipinski definition) is 4. The lowest BCUT2D eigenvalue weighted by molar-refractivity contribution is -0.144.